The number of H-pyrrole nitrogens is 1. The second kappa shape index (κ2) is 10.4. The van der Waals surface area contributed by atoms with Gasteiger partial charge in [0.2, 0.25) is 11.8 Å². The third-order valence-electron chi connectivity index (χ3n) is 8.07. The van der Waals surface area contributed by atoms with Gasteiger partial charge in [-0.15, -0.1) is 0 Å². The maximum absolute atomic E-state index is 13.7. The van der Waals surface area contributed by atoms with Gasteiger partial charge in [0, 0.05) is 42.2 Å². The van der Waals surface area contributed by atoms with Gasteiger partial charge in [0.1, 0.15) is 17.5 Å². The number of hydrogen-bond donors (Lipinski definition) is 3. The maximum Gasteiger partial charge on any atom is 0.271 e. The van der Waals surface area contributed by atoms with Crippen LogP contribution >= 0.6 is 0 Å². The van der Waals surface area contributed by atoms with Crippen LogP contribution in [-0.4, -0.2) is 65.7 Å². The highest BCUT2D eigenvalue weighted by Crippen LogP contribution is 2.39. The number of aromatic amines is 1. The van der Waals surface area contributed by atoms with E-state index in [1.54, 1.807) is 25.0 Å². The van der Waals surface area contributed by atoms with Gasteiger partial charge in [0.25, 0.3) is 5.91 Å². The number of amides is 3. The molecule has 1 aromatic heterocycles. The van der Waals surface area contributed by atoms with Gasteiger partial charge in [-0.05, 0) is 49.8 Å². The molecule has 5 rings (SSSR count). The molecule has 1 aromatic carbocycles. The normalized spacial score (nSPS) is 25.6. The zero-order chi connectivity index (χ0) is 26.1. The Kier molecular flexibility index (Phi) is 7.04. The summed E-state index contributed by atoms with van der Waals surface area (Å²) in [5.74, 6) is -0.365. The van der Waals surface area contributed by atoms with E-state index in [2.05, 4.69) is 27.8 Å². The van der Waals surface area contributed by atoms with Gasteiger partial charge in [0.15, 0.2) is 5.78 Å². The molecular weight excluding hydrogens is 472 g/mol. The molecule has 0 unspecified atom stereocenters. The summed E-state index contributed by atoms with van der Waals surface area (Å²) < 4.78 is 5.43. The van der Waals surface area contributed by atoms with Gasteiger partial charge in [-0.2, -0.15) is 0 Å². The van der Waals surface area contributed by atoms with Crippen molar-refractivity contribution in [3.05, 3.63) is 42.1 Å². The number of ketones is 1. The number of hydrogen-bond acceptors (Lipinski definition) is 5. The Balaban J connectivity index is 1.39. The number of likely N-dealkylation sites (tertiary alicyclic amines) is 1. The molecule has 3 aliphatic rings. The monoisotopic (exact) mass is 506 g/mol. The van der Waals surface area contributed by atoms with Crippen molar-refractivity contribution in [2.45, 2.75) is 51.1 Å². The van der Waals surface area contributed by atoms with Crippen molar-refractivity contribution in [1.82, 2.24) is 20.5 Å². The van der Waals surface area contributed by atoms with Gasteiger partial charge in [-0.3, -0.25) is 19.2 Å². The molecule has 9 heteroatoms. The van der Waals surface area contributed by atoms with Crippen molar-refractivity contribution in [3.8, 4) is 5.75 Å². The van der Waals surface area contributed by atoms with Crippen molar-refractivity contribution >= 4 is 34.4 Å². The summed E-state index contributed by atoms with van der Waals surface area (Å²) >= 11 is 0. The molecule has 2 aliphatic heterocycles. The average molecular weight is 507 g/mol. The Bertz CT molecular complexity index is 1250. The number of benzene rings is 1. The lowest BCUT2D eigenvalue weighted by Crippen LogP contribution is -2.53. The van der Waals surface area contributed by atoms with E-state index >= 15 is 0 Å². The van der Waals surface area contributed by atoms with E-state index in [-0.39, 0.29) is 54.1 Å². The molecule has 2 saturated heterocycles. The molecule has 2 aromatic rings. The summed E-state index contributed by atoms with van der Waals surface area (Å²) in [5, 5.41) is 6.61. The first-order chi connectivity index (χ1) is 17.9. The quantitative estimate of drug-likeness (QED) is 0.476. The Morgan fingerprint density at radius 3 is 2.86 bits per heavy atom. The average Bonchev–Trinajstić information content (AvgIpc) is 3.62. The molecule has 0 bridgehead atoms. The number of nitrogens with zero attached hydrogens (tertiary/aromatic N) is 1. The van der Waals surface area contributed by atoms with Crippen molar-refractivity contribution in [2.75, 3.05) is 20.2 Å². The molecule has 5 atom stereocenters. The van der Waals surface area contributed by atoms with E-state index in [0.717, 1.165) is 17.3 Å². The topological polar surface area (TPSA) is 121 Å². The molecule has 0 saturated carbocycles. The minimum atomic E-state index is -0.756. The fourth-order valence-corrected chi connectivity index (χ4v) is 6.10. The van der Waals surface area contributed by atoms with Crippen molar-refractivity contribution < 1.29 is 23.9 Å². The molecule has 1 aliphatic carbocycles. The van der Waals surface area contributed by atoms with Crippen LogP contribution in [0, 0.1) is 17.8 Å². The zero-order valence-corrected chi connectivity index (χ0v) is 21.3. The Morgan fingerprint density at radius 2 is 2.11 bits per heavy atom. The predicted octanol–water partition coefficient (Wildman–Crippen LogP) is 2.57. The highest BCUT2D eigenvalue weighted by atomic mass is 16.5. The number of aromatic nitrogens is 1. The van der Waals surface area contributed by atoms with E-state index in [4.69, 9.17) is 4.74 Å². The Labute approximate surface area is 216 Å². The fraction of sp³-hybridized carbons (Fsp3) is 0.500. The molecular formula is C28H34N4O5. The molecule has 0 spiro atoms. The highest BCUT2D eigenvalue weighted by Gasteiger charge is 2.48. The van der Waals surface area contributed by atoms with Gasteiger partial charge < -0.3 is 25.3 Å². The maximum atomic E-state index is 13.7. The van der Waals surface area contributed by atoms with Crippen LogP contribution in [0.2, 0.25) is 0 Å². The molecule has 196 valence electrons. The molecule has 3 amide bonds. The number of methoxy groups -OCH3 is 1. The van der Waals surface area contributed by atoms with E-state index in [0.29, 0.717) is 37.4 Å². The van der Waals surface area contributed by atoms with E-state index in [1.807, 2.05) is 18.2 Å². The first-order valence-electron chi connectivity index (χ1n) is 13.2. The van der Waals surface area contributed by atoms with Gasteiger partial charge in [-0.1, -0.05) is 25.1 Å². The van der Waals surface area contributed by atoms with E-state index in [9.17, 15) is 19.2 Å². The van der Waals surface area contributed by atoms with Crippen LogP contribution in [0.5, 0.6) is 5.75 Å². The Hall–Kier alpha value is -3.62. The second-order valence-electron chi connectivity index (χ2n) is 10.2. The number of carbonyl (C=O) groups is 4. The van der Waals surface area contributed by atoms with Crippen LogP contribution in [0.1, 0.15) is 49.5 Å². The molecule has 37 heavy (non-hydrogen) atoms. The van der Waals surface area contributed by atoms with Crippen molar-refractivity contribution in [3.63, 3.8) is 0 Å². The lowest BCUT2D eigenvalue weighted by molar-refractivity contribution is -0.133. The largest absolute Gasteiger partial charge is 0.496 e. The molecule has 2 fully saturated rings. The summed E-state index contributed by atoms with van der Waals surface area (Å²) in [6, 6.07) is 5.87. The first kappa shape index (κ1) is 25.0. The van der Waals surface area contributed by atoms with Crippen LogP contribution in [0.25, 0.3) is 10.9 Å². The molecule has 3 N–H and O–H groups in total. The summed E-state index contributed by atoms with van der Waals surface area (Å²) in [7, 11) is 1.59. The standard InChI is InChI=1S/C28H34N4O5/c1-3-23(33)21(13-16-8-6-12-29-26(16)34)31-27(35)25-18-9-4-7-17(18)15-32(25)28(36)22-14-19-20(30-22)10-5-11-24(19)37-2/h4-5,7,10-11,14,16-18,21,25,30H,3,6,8-9,12-13,15H2,1-2H3,(H,29,34)(H,31,35)/t16-,17-,18-,21-,25-/m0/s1. The number of Topliss-reactive ketones (excluding diaryl/α,β-unsaturated/α-hetero) is 1. The molecule has 9 nitrogen and oxygen atoms in total. The summed E-state index contributed by atoms with van der Waals surface area (Å²) in [6.07, 6.45) is 6.93. The minimum Gasteiger partial charge on any atom is -0.496 e. The number of rotatable bonds is 8. The van der Waals surface area contributed by atoms with Gasteiger partial charge >= 0.3 is 0 Å². The molecule has 0 radical (unpaired) electrons. The van der Waals surface area contributed by atoms with Crippen LogP contribution in [0.3, 0.4) is 0 Å². The summed E-state index contributed by atoms with van der Waals surface area (Å²) in [5.41, 5.74) is 1.17. The third kappa shape index (κ3) is 4.74. The highest BCUT2D eigenvalue weighted by molar-refractivity contribution is 6.02. The zero-order valence-electron chi connectivity index (χ0n) is 21.3. The summed E-state index contributed by atoms with van der Waals surface area (Å²) in [4.78, 5) is 57.4. The van der Waals surface area contributed by atoms with Gasteiger partial charge in [-0.25, -0.2) is 0 Å². The summed E-state index contributed by atoms with van der Waals surface area (Å²) in [6.45, 7) is 2.83. The lowest BCUT2D eigenvalue weighted by Gasteiger charge is -2.30. The van der Waals surface area contributed by atoms with E-state index < -0.39 is 12.1 Å². The number of nitrogens with one attached hydrogen (secondary N) is 3. The molecule has 3 heterocycles. The van der Waals surface area contributed by atoms with Crippen LogP contribution in [0.4, 0.5) is 0 Å². The SMILES string of the molecule is CCC(=O)[C@H](C[C@@H]1CCCNC1=O)NC(=O)[C@@H]1[C@H]2CC=C[C@H]2CN1C(=O)c1cc2c(OC)cccc2[nH]1. The fourth-order valence-electron chi connectivity index (χ4n) is 6.10. The number of carbonyl (C=O) groups excluding carboxylic acids is 4. The predicted molar refractivity (Wildman–Crippen MR) is 138 cm³/mol. The second-order valence-corrected chi connectivity index (χ2v) is 10.2. The number of allylic oxidation sites excluding steroid dienone is 1. The lowest BCUT2D eigenvalue weighted by atomic mass is 9.88. The number of ether oxygens (including phenoxy) is 1. The third-order valence-corrected chi connectivity index (χ3v) is 8.07. The van der Waals surface area contributed by atoms with Gasteiger partial charge in [0.05, 0.1) is 13.2 Å². The van der Waals surface area contributed by atoms with Crippen LogP contribution in [-0.2, 0) is 14.4 Å². The van der Waals surface area contributed by atoms with Crippen molar-refractivity contribution in [1.29, 1.82) is 0 Å². The number of fused-ring (bicyclic) bond motifs is 2. The van der Waals surface area contributed by atoms with Crippen LogP contribution in [0.15, 0.2) is 36.4 Å². The smallest absolute Gasteiger partial charge is 0.271 e. The minimum absolute atomic E-state index is 0.0433. The van der Waals surface area contributed by atoms with Crippen molar-refractivity contribution in [2.24, 2.45) is 17.8 Å². The number of piperidine rings is 1. The first-order valence-corrected chi connectivity index (χ1v) is 13.2. The van der Waals surface area contributed by atoms with E-state index in [1.165, 1.54) is 0 Å². The van der Waals surface area contributed by atoms with Crippen LogP contribution < -0.4 is 15.4 Å². The Morgan fingerprint density at radius 1 is 1.27 bits per heavy atom.